The molecule has 0 fully saturated rings. The maximum atomic E-state index is 11.1. The molecule has 0 bridgehead atoms. The van der Waals surface area contributed by atoms with Crippen molar-refractivity contribution >= 4 is 13.4 Å². The molecule has 6 heteroatoms. The first-order chi connectivity index (χ1) is 5.99. The minimum Gasteiger partial charge on any atom is -0.324 e. The zero-order valence-electron chi connectivity index (χ0n) is 6.62. The van der Waals surface area contributed by atoms with Crippen LogP contribution in [0.2, 0.25) is 0 Å². The van der Waals surface area contributed by atoms with Crippen molar-refractivity contribution in [2.45, 2.75) is 0 Å². The summed E-state index contributed by atoms with van der Waals surface area (Å²) in [5.41, 5.74) is 0.0748. The van der Waals surface area contributed by atoms with Gasteiger partial charge in [0.25, 0.3) is 0 Å². The van der Waals surface area contributed by atoms with Gasteiger partial charge in [0, 0.05) is 6.20 Å². The Labute approximate surface area is 74.6 Å². The highest BCUT2D eigenvalue weighted by Gasteiger charge is 2.20. The fourth-order valence-electron chi connectivity index (χ4n) is 0.796. The van der Waals surface area contributed by atoms with Gasteiger partial charge in [-0.15, -0.1) is 0 Å². The molecule has 0 atom stereocenters. The Hall–Kier alpha value is -1.03. The third-order valence-electron chi connectivity index (χ3n) is 1.30. The Bertz CT molecular complexity index is 345. The van der Waals surface area contributed by atoms with E-state index in [9.17, 15) is 9.36 Å². The van der Waals surface area contributed by atoms with Crippen molar-refractivity contribution in [2.24, 2.45) is 0 Å². The monoisotopic (exact) mass is 201 g/mol. The van der Waals surface area contributed by atoms with Crippen LogP contribution in [0.4, 0.5) is 0 Å². The van der Waals surface area contributed by atoms with Gasteiger partial charge in [-0.3, -0.25) is 14.3 Å². The summed E-state index contributed by atoms with van der Waals surface area (Å²) in [5, 5.41) is 0. The number of hydrogen-bond acceptors (Lipinski definition) is 3. The minimum absolute atomic E-state index is 0.0748. The van der Waals surface area contributed by atoms with Crippen LogP contribution >= 0.6 is 7.60 Å². The Balaban J connectivity index is 2.76. The maximum absolute atomic E-state index is 11.1. The van der Waals surface area contributed by atoms with Crippen LogP contribution in [0.3, 0.4) is 0 Å². The van der Waals surface area contributed by atoms with E-state index in [0.29, 0.717) is 0 Å². The number of Topliss-reactive ketones (excluding diaryl/α,β-unsaturated/α-hetero) is 1. The molecular formula is C7H8NO4P. The quantitative estimate of drug-likeness (QED) is 0.547. The van der Waals surface area contributed by atoms with Gasteiger partial charge < -0.3 is 9.79 Å². The summed E-state index contributed by atoms with van der Waals surface area (Å²) in [6, 6.07) is 4.62. The molecule has 0 unspecified atom stereocenters. The standard InChI is InChI=1S/C7H8NO4P/c9-7(5-13(10,11)12)6-3-1-2-4-8-6/h1-4H,5H2,(H2,10,11,12). The van der Waals surface area contributed by atoms with Crippen molar-refractivity contribution in [3.63, 3.8) is 0 Å². The van der Waals surface area contributed by atoms with Gasteiger partial charge in [-0.05, 0) is 12.1 Å². The summed E-state index contributed by atoms with van der Waals surface area (Å²) in [4.78, 5) is 31.8. The molecule has 0 aliphatic rings. The van der Waals surface area contributed by atoms with Gasteiger partial charge in [-0.25, -0.2) is 0 Å². The van der Waals surface area contributed by atoms with E-state index in [1.54, 1.807) is 12.1 Å². The number of aromatic nitrogens is 1. The third kappa shape index (κ3) is 3.46. The fraction of sp³-hybridized carbons (Fsp3) is 0.143. The second-order valence-electron chi connectivity index (χ2n) is 2.46. The highest BCUT2D eigenvalue weighted by Crippen LogP contribution is 2.34. The van der Waals surface area contributed by atoms with Gasteiger partial charge in [-0.1, -0.05) is 6.07 Å². The van der Waals surface area contributed by atoms with Crippen molar-refractivity contribution in [3.05, 3.63) is 30.1 Å². The van der Waals surface area contributed by atoms with E-state index < -0.39 is 19.5 Å². The van der Waals surface area contributed by atoms with E-state index in [4.69, 9.17) is 9.79 Å². The van der Waals surface area contributed by atoms with Gasteiger partial charge in [0.05, 0.1) is 0 Å². The average Bonchev–Trinajstić information content (AvgIpc) is 2.03. The predicted molar refractivity (Wildman–Crippen MR) is 45.5 cm³/mol. The summed E-state index contributed by atoms with van der Waals surface area (Å²) in [5.74, 6) is -0.645. The predicted octanol–water partition coefficient (Wildman–Crippen LogP) is 0.442. The second kappa shape index (κ2) is 3.79. The molecule has 1 heterocycles. The first kappa shape index (κ1) is 10.1. The molecule has 1 rings (SSSR count). The van der Waals surface area contributed by atoms with Crippen molar-refractivity contribution < 1.29 is 19.1 Å². The Kier molecular flexibility index (Phi) is 2.93. The number of carbonyl (C=O) groups excluding carboxylic acids is 1. The minimum atomic E-state index is -4.28. The number of rotatable bonds is 3. The third-order valence-corrected chi connectivity index (χ3v) is 2.00. The molecule has 70 valence electrons. The van der Waals surface area contributed by atoms with Crippen LogP contribution in [0.1, 0.15) is 10.5 Å². The largest absolute Gasteiger partial charge is 0.333 e. The number of ketones is 1. The molecule has 0 aliphatic heterocycles. The topological polar surface area (TPSA) is 87.5 Å². The van der Waals surface area contributed by atoms with Crippen LogP contribution in [0.5, 0.6) is 0 Å². The van der Waals surface area contributed by atoms with Crippen LogP contribution < -0.4 is 0 Å². The second-order valence-corrected chi connectivity index (χ2v) is 4.11. The molecule has 5 nitrogen and oxygen atoms in total. The van der Waals surface area contributed by atoms with Crippen LogP contribution in [0.15, 0.2) is 24.4 Å². The summed E-state index contributed by atoms with van der Waals surface area (Å²) in [6.07, 6.45) is 0.608. The lowest BCUT2D eigenvalue weighted by molar-refractivity contribution is 0.101. The molecular weight excluding hydrogens is 193 g/mol. The van der Waals surface area contributed by atoms with Crippen LogP contribution in [0, 0.1) is 0 Å². The molecule has 0 saturated carbocycles. The zero-order chi connectivity index (χ0) is 9.90. The van der Waals surface area contributed by atoms with Crippen LogP contribution in [-0.4, -0.2) is 26.7 Å². The number of carbonyl (C=O) groups is 1. The van der Waals surface area contributed by atoms with E-state index >= 15 is 0 Å². The molecule has 0 radical (unpaired) electrons. The average molecular weight is 201 g/mol. The lowest BCUT2D eigenvalue weighted by Crippen LogP contribution is -2.07. The molecule has 0 aliphatic carbocycles. The van der Waals surface area contributed by atoms with Crippen molar-refractivity contribution in [3.8, 4) is 0 Å². The maximum Gasteiger partial charge on any atom is 0.333 e. The van der Waals surface area contributed by atoms with E-state index in [2.05, 4.69) is 4.98 Å². The van der Waals surface area contributed by atoms with E-state index in [-0.39, 0.29) is 5.69 Å². The van der Waals surface area contributed by atoms with Crippen LogP contribution in [-0.2, 0) is 4.57 Å². The lowest BCUT2D eigenvalue weighted by atomic mass is 10.3. The van der Waals surface area contributed by atoms with Gasteiger partial charge in [0.15, 0.2) is 5.78 Å². The van der Waals surface area contributed by atoms with Crippen molar-refractivity contribution in [1.29, 1.82) is 0 Å². The molecule has 0 amide bonds. The fourth-order valence-corrected chi connectivity index (χ4v) is 1.33. The molecule has 0 aromatic carbocycles. The van der Waals surface area contributed by atoms with Gasteiger partial charge >= 0.3 is 7.60 Å². The first-order valence-electron chi connectivity index (χ1n) is 3.48. The van der Waals surface area contributed by atoms with E-state index in [0.717, 1.165) is 0 Å². The highest BCUT2D eigenvalue weighted by molar-refractivity contribution is 7.52. The first-order valence-corrected chi connectivity index (χ1v) is 5.27. The molecule has 13 heavy (non-hydrogen) atoms. The molecule has 2 N–H and O–H groups in total. The lowest BCUT2D eigenvalue weighted by Gasteiger charge is -2.01. The Morgan fingerprint density at radius 2 is 2.15 bits per heavy atom. The SMILES string of the molecule is O=C(CP(=O)(O)O)c1ccccn1. The van der Waals surface area contributed by atoms with Gasteiger partial charge in [-0.2, -0.15) is 0 Å². The van der Waals surface area contributed by atoms with Crippen molar-refractivity contribution in [1.82, 2.24) is 4.98 Å². The van der Waals surface area contributed by atoms with Crippen molar-refractivity contribution in [2.75, 3.05) is 6.16 Å². The summed E-state index contributed by atoms with van der Waals surface area (Å²) < 4.78 is 10.5. The van der Waals surface area contributed by atoms with Gasteiger partial charge in [0.1, 0.15) is 11.9 Å². The number of nitrogens with zero attached hydrogens (tertiary/aromatic N) is 1. The number of pyridine rings is 1. The normalized spacial score (nSPS) is 11.2. The van der Waals surface area contributed by atoms with E-state index in [1.165, 1.54) is 12.3 Å². The summed E-state index contributed by atoms with van der Waals surface area (Å²) in [7, 11) is -4.28. The van der Waals surface area contributed by atoms with Crippen LogP contribution in [0.25, 0.3) is 0 Å². The summed E-state index contributed by atoms with van der Waals surface area (Å²) in [6.45, 7) is 0. The van der Waals surface area contributed by atoms with Gasteiger partial charge in [0.2, 0.25) is 0 Å². The Morgan fingerprint density at radius 3 is 2.62 bits per heavy atom. The summed E-state index contributed by atoms with van der Waals surface area (Å²) >= 11 is 0. The smallest absolute Gasteiger partial charge is 0.324 e. The molecule has 1 aromatic heterocycles. The zero-order valence-corrected chi connectivity index (χ0v) is 7.52. The Morgan fingerprint density at radius 1 is 1.46 bits per heavy atom. The molecule has 0 saturated heterocycles. The van der Waals surface area contributed by atoms with E-state index in [1.807, 2.05) is 0 Å². The molecule has 1 aromatic rings. The molecule has 0 spiro atoms. The number of hydrogen-bond donors (Lipinski definition) is 2. The highest BCUT2D eigenvalue weighted by atomic mass is 31.2.